The fourth-order valence-corrected chi connectivity index (χ4v) is 4.50. The number of ether oxygens (including phenoxy) is 3. The predicted octanol–water partition coefficient (Wildman–Crippen LogP) is 5.34. The van der Waals surface area contributed by atoms with Crippen LogP contribution in [0.1, 0.15) is 24.0 Å². The summed E-state index contributed by atoms with van der Waals surface area (Å²) in [6, 6.07) is 14.1. The van der Waals surface area contributed by atoms with Gasteiger partial charge in [-0.25, -0.2) is 0 Å². The van der Waals surface area contributed by atoms with Gasteiger partial charge >= 0.3 is 12.3 Å². The molecule has 1 atom stereocenters. The molecule has 3 aromatic rings. The SMILES string of the molecule is COc1cc(NC(O)(C(=O)N2CCc3ccc(OC(F)(F)F)cc32)c2ccc(Cl)cc2)cc(OCCCC(=O)O)c1. The van der Waals surface area contributed by atoms with E-state index in [2.05, 4.69) is 10.1 Å². The molecule has 0 bridgehead atoms. The number of hydrogen-bond acceptors (Lipinski definition) is 7. The van der Waals surface area contributed by atoms with E-state index in [1.807, 2.05) is 0 Å². The summed E-state index contributed by atoms with van der Waals surface area (Å²) in [5.74, 6) is -1.74. The molecule has 1 aliphatic heterocycles. The third-order valence-corrected chi connectivity index (χ3v) is 6.50. The number of amides is 1. The molecule has 0 spiro atoms. The molecule has 1 unspecified atom stereocenters. The number of methoxy groups -OCH3 is 1. The van der Waals surface area contributed by atoms with Crippen molar-refractivity contribution in [3.05, 3.63) is 76.8 Å². The summed E-state index contributed by atoms with van der Waals surface area (Å²) < 4.78 is 53.6. The van der Waals surface area contributed by atoms with E-state index in [9.17, 15) is 27.9 Å². The van der Waals surface area contributed by atoms with Crippen molar-refractivity contribution in [2.45, 2.75) is 31.3 Å². The predicted molar refractivity (Wildman–Crippen MR) is 144 cm³/mol. The quantitative estimate of drug-likeness (QED) is 0.201. The summed E-state index contributed by atoms with van der Waals surface area (Å²) in [6.45, 7) is 0.184. The summed E-state index contributed by atoms with van der Waals surface area (Å²) in [4.78, 5) is 26.0. The molecule has 3 N–H and O–H groups in total. The second-order valence-electron chi connectivity index (χ2n) is 9.13. The van der Waals surface area contributed by atoms with Crippen LogP contribution in [0, 0.1) is 0 Å². The lowest BCUT2D eigenvalue weighted by Gasteiger charge is -2.33. The molecule has 0 radical (unpaired) electrons. The zero-order chi connectivity index (χ0) is 29.8. The number of carboxylic acids is 1. The molecule has 4 rings (SSSR count). The van der Waals surface area contributed by atoms with E-state index < -0.39 is 29.7 Å². The summed E-state index contributed by atoms with van der Waals surface area (Å²) in [5.41, 5.74) is -1.34. The molecule has 0 aromatic heterocycles. The van der Waals surface area contributed by atoms with E-state index in [0.29, 0.717) is 22.8 Å². The van der Waals surface area contributed by atoms with Crippen molar-refractivity contribution in [1.29, 1.82) is 0 Å². The van der Waals surface area contributed by atoms with Gasteiger partial charge in [-0.05, 0) is 36.6 Å². The summed E-state index contributed by atoms with van der Waals surface area (Å²) >= 11 is 6.03. The maximum atomic E-state index is 14.0. The summed E-state index contributed by atoms with van der Waals surface area (Å²) in [6.07, 6.45) is -4.42. The van der Waals surface area contributed by atoms with Crippen LogP contribution in [0.2, 0.25) is 5.02 Å². The number of benzene rings is 3. The molecule has 13 heteroatoms. The van der Waals surface area contributed by atoms with Gasteiger partial charge in [0.1, 0.15) is 17.2 Å². The number of rotatable bonds is 11. The van der Waals surface area contributed by atoms with Crippen LogP contribution in [0.3, 0.4) is 0 Å². The van der Waals surface area contributed by atoms with Gasteiger partial charge in [0.2, 0.25) is 5.72 Å². The van der Waals surface area contributed by atoms with Gasteiger partial charge in [0, 0.05) is 53.5 Å². The van der Waals surface area contributed by atoms with Crippen molar-refractivity contribution in [3.63, 3.8) is 0 Å². The number of hydrogen-bond donors (Lipinski definition) is 3. The highest BCUT2D eigenvalue weighted by atomic mass is 35.5. The lowest BCUT2D eigenvalue weighted by atomic mass is 10.00. The normalized spacial score (nSPS) is 14.1. The molecular formula is C28H26ClF3N2O7. The maximum absolute atomic E-state index is 14.0. The second kappa shape index (κ2) is 12.1. The Kier molecular flexibility index (Phi) is 8.83. The topological polar surface area (TPSA) is 118 Å². The molecule has 0 fully saturated rings. The minimum Gasteiger partial charge on any atom is -0.497 e. The monoisotopic (exact) mass is 594 g/mol. The fourth-order valence-electron chi connectivity index (χ4n) is 4.37. The van der Waals surface area contributed by atoms with Crippen LogP contribution in [-0.2, 0) is 21.7 Å². The number of nitrogens with zero attached hydrogens (tertiary/aromatic N) is 1. The molecule has 1 aliphatic rings. The Morgan fingerprint density at radius 3 is 2.39 bits per heavy atom. The minimum absolute atomic E-state index is 0.0895. The fraction of sp³-hybridized carbons (Fsp3) is 0.286. The average Bonchev–Trinajstić information content (AvgIpc) is 3.33. The van der Waals surface area contributed by atoms with Crippen LogP contribution in [0.4, 0.5) is 24.5 Å². The largest absolute Gasteiger partial charge is 0.573 e. The average molecular weight is 595 g/mol. The van der Waals surface area contributed by atoms with Crippen LogP contribution in [0.15, 0.2) is 60.7 Å². The van der Waals surface area contributed by atoms with E-state index in [1.54, 1.807) is 6.07 Å². The van der Waals surface area contributed by atoms with E-state index in [-0.39, 0.29) is 48.7 Å². The first-order valence-electron chi connectivity index (χ1n) is 12.4. The van der Waals surface area contributed by atoms with Crippen molar-refractivity contribution in [1.82, 2.24) is 0 Å². The number of carbonyl (C=O) groups is 2. The lowest BCUT2D eigenvalue weighted by molar-refractivity contribution is -0.274. The van der Waals surface area contributed by atoms with Gasteiger partial charge in [0.05, 0.1) is 19.4 Å². The zero-order valence-corrected chi connectivity index (χ0v) is 22.5. The highest BCUT2D eigenvalue weighted by molar-refractivity contribution is 6.30. The Bertz CT molecular complexity index is 1420. The van der Waals surface area contributed by atoms with Gasteiger partial charge in [0.25, 0.3) is 5.91 Å². The Hall–Kier alpha value is -4.16. The number of carbonyl (C=O) groups excluding carboxylic acids is 1. The molecule has 0 saturated heterocycles. The van der Waals surface area contributed by atoms with Gasteiger partial charge in [-0.2, -0.15) is 0 Å². The number of aliphatic carboxylic acids is 1. The molecule has 1 amide bonds. The first-order chi connectivity index (χ1) is 19.4. The van der Waals surface area contributed by atoms with Crippen LogP contribution < -0.4 is 24.4 Å². The molecule has 1 heterocycles. The lowest BCUT2D eigenvalue weighted by Crippen LogP contribution is -2.51. The van der Waals surface area contributed by atoms with Crippen molar-refractivity contribution in [2.24, 2.45) is 0 Å². The Morgan fingerprint density at radius 1 is 1.02 bits per heavy atom. The number of alkyl halides is 3. The summed E-state index contributed by atoms with van der Waals surface area (Å²) in [5, 5.41) is 24.0. The number of carboxylic acid groups (broad SMARTS) is 1. The molecule has 0 saturated carbocycles. The van der Waals surface area contributed by atoms with Crippen molar-refractivity contribution >= 4 is 34.9 Å². The van der Waals surface area contributed by atoms with E-state index in [1.165, 1.54) is 54.5 Å². The first kappa shape index (κ1) is 29.8. The molecule has 218 valence electrons. The standard InChI is InChI=1S/C28H26ClF3N2O7/c1-39-22-13-20(14-23(15-22)40-12-2-3-25(35)36)33-27(38,18-5-7-19(29)8-6-18)26(37)34-11-10-17-4-9-21(16-24(17)34)41-28(30,31)32/h4-9,13-16,33,38H,2-3,10-12H2,1H3,(H,35,36). The third-order valence-electron chi connectivity index (χ3n) is 6.25. The van der Waals surface area contributed by atoms with Crippen LogP contribution >= 0.6 is 11.6 Å². The van der Waals surface area contributed by atoms with E-state index in [4.69, 9.17) is 26.2 Å². The molecule has 0 aliphatic carbocycles. The Morgan fingerprint density at radius 2 is 1.73 bits per heavy atom. The van der Waals surface area contributed by atoms with E-state index >= 15 is 0 Å². The maximum Gasteiger partial charge on any atom is 0.573 e. The van der Waals surface area contributed by atoms with Gasteiger partial charge < -0.3 is 34.6 Å². The second-order valence-corrected chi connectivity index (χ2v) is 9.57. The number of fused-ring (bicyclic) bond motifs is 1. The van der Waals surface area contributed by atoms with Crippen LogP contribution in [-0.4, -0.2) is 48.7 Å². The van der Waals surface area contributed by atoms with Gasteiger partial charge in [0.15, 0.2) is 0 Å². The Balaban J connectivity index is 1.69. The minimum atomic E-state index is -4.92. The van der Waals surface area contributed by atoms with E-state index in [0.717, 1.165) is 12.1 Å². The zero-order valence-electron chi connectivity index (χ0n) is 21.7. The third kappa shape index (κ3) is 7.33. The first-order valence-corrected chi connectivity index (χ1v) is 12.8. The number of anilines is 2. The van der Waals surface area contributed by atoms with Gasteiger partial charge in [-0.15, -0.1) is 13.2 Å². The van der Waals surface area contributed by atoms with Crippen LogP contribution in [0.5, 0.6) is 17.2 Å². The highest BCUT2D eigenvalue weighted by Gasteiger charge is 2.44. The smallest absolute Gasteiger partial charge is 0.497 e. The van der Waals surface area contributed by atoms with Gasteiger partial charge in [-0.1, -0.05) is 29.8 Å². The van der Waals surface area contributed by atoms with Crippen molar-refractivity contribution in [2.75, 3.05) is 30.5 Å². The molecule has 9 nitrogen and oxygen atoms in total. The molecule has 3 aromatic carbocycles. The number of halogens is 4. The molecule has 41 heavy (non-hydrogen) atoms. The number of aliphatic hydroxyl groups is 1. The highest BCUT2D eigenvalue weighted by Crippen LogP contribution is 2.38. The molecular weight excluding hydrogens is 569 g/mol. The number of nitrogens with one attached hydrogen (secondary N) is 1. The van der Waals surface area contributed by atoms with Gasteiger partial charge in [-0.3, -0.25) is 9.59 Å². The van der Waals surface area contributed by atoms with Crippen molar-refractivity contribution < 1.29 is 47.2 Å². The van der Waals surface area contributed by atoms with Crippen LogP contribution in [0.25, 0.3) is 0 Å². The summed E-state index contributed by atoms with van der Waals surface area (Å²) in [7, 11) is 1.41. The Labute approximate surface area is 238 Å². The van der Waals surface area contributed by atoms with Crippen molar-refractivity contribution in [3.8, 4) is 17.2 Å².